The largest absolute Gasteiger partial charge is 0.493 e. The van der Waals surface area contributed by atoms with E-state index < -0.39 is 10.0 Å². The number of benzene rings is 2. The molecule has 1 N–H and O–H groups in total. The average molecular weight is 392 g/mol. The molecule has 0 amide bonds. The van der Waals surface area contributed by atoms with Crippen molar-refractivity contribution in [1.29, 1.82) is 0 Å². The standard InChI is InChI=1S/C20H26N2O4S/c1-16-7-9-18(10-8-16)27(23,24)22-13-11-21(12-14-22)15-17-5-4-6-19(25-2)20(17)26-3/h4-10H,11-15H2,1-3H3/p+1. The van der Waals surface area contributed by atoms with E-state index >= 15 is 0 Å². The molecule has 0 radical (unpaired) electrons. The van der Waals surface area contributed by atoms with Gasteiger partial charge in [-0.05, 0) is 31.2 Å². The Balaban J connectivity index is 1.67. The third-order valence-corrected chi connectivity index (χ3v) is 6.93. The molecule has 2 aromatic carbocycles. The Bertz CT molecular complexity index is 873. The van der Waals surface area contributed by atoms with Crippen LogP contribution >= 0.6 is 0 Å². The van der Waals surface area contributed by atoms with Crippen molar-refractivity contribution in [1.82, 2.24) is 4.31 Å². The quantitative estimate of drug-likeness (QED) is 0.801. The molecule has 146 valence electrons. The van der Waals surface area contributed by atoms with Gasteiger partial charge in [0, 0.05) is 0 Å². The Morgan fingerprint density at radius 1 is 1.00 bits per heavy atom. The number of methoxy groups -OCH3 is 2. The number of rotatable bonds is 6. The van der Waals surface area contributed by atoms with Crippen LogP contribution in [0, 0.1) is 6.92 Å². The molecule has 6 nitrogen and oxygen atoms in total. The summed E-state index contributed by atoms with van der Waals surface area (Å²) in [5, 5.41) is 0. The van der Waals surface area contributed by atoms with Crippen molar-refractivity contribution in [2.24, 2.45) is 0 Å². The minimum absolute atomic E-state index is 0.367. The zero-order valence-corrected chi connectivity index (χ0v) is 16.9. The van der Waals surface area contributed by atoms with E-state index in [0.717, 1.165) is 42.3 Å². The molecule has 0 spiro atoms. The predicted octanol–water partition coefficient (Wildman–Crippen LogP) is 1.10. The van der Waals surface area contributed by atoms with Crippen molar-refractivity contribution in [3.8, 4) is 11.5 Å². The van der Waals surface area contributed by atoms with Gasteiger partial charge in [0.05, 0.1) is 50.9 Å². The van der Waals surface area contributed by atoms with E-state index in [1.54, 1.807) is 30.7 Å². The minimum Gasteiger partial charge on any atom is -0.493 e. The Labute approximate surface area is 161 Å². The van der Waals surface area contributed by atoms with Crippen LogP contribution in [0.2, 0.25) is 0 Å². The summed E-state index contributed by atoms with van der Waals surface area (Å²) in [6.07, 6.45) is 0. The Hall–Kier alpha value is -2.09. The topological polar surface area (TPSA) is 60.3 Å². The zero-order valence-electron chi connectivity index (χ0n) is 16.1. The van der Waals surface area contributed by atoms with E-state index in [1.165, 1.54) is 4.90 Å². The predicted molar refractivity (Wildman–Crippen MR) is 104 cm³/mol. The van der Waals surface area contributed by atoms with Crippen molar-refractivity contribution in [3.63, 3.8) is 0 Å². The van der Waals surface area contributed by atoms with Crippen molar-refractivity contribution in [3.05, 3.63) is 53.6 Å². The highest BCUT2D eigenvalue weighted by atomic mass is 32.2. The van der Waals surface area contributed by atoms with Crippen LogP contribution in [0.25, 0.3) is 0 Å². The van der Waals surface area contributed by atoms with Crippen LogP contribution in [0.4, 0.5) is 0 Å². The summed E-state index contributed by atoms with van der Waals surface area (Å²) < 4.78 is 38.1. The van der Waals surface area contributed by atoms with Crippen molar-refractivity contribution < 1.29 is 22.8 Å². The van der Waals surface area contributed by atoms with Crippen LogP contribution in [0.15, 0.2) is 47.4 Å². The van der Waals surface area contributed by atoms with Gasteiger partial charge in [-0.15, -0.1) is 0 Å². The first-order valence-electron chi connectivity index (χ1n) is 9.06. The number of sulfonamides is 1. The number of piperazine rings is 1. The Morgan fingerprint density at radius 2 is 1.67 bits per heavy atom. The molecule has 27 heavy (non-hydrogen) atoms. The molecular formula is C20H27N2O4S+. The van der Waals surface area contributed by atoms with Gasteiger partial charge < -0.3 is 14.4 Å². The fourth-order valence-corrected chi connectivity index (χ4v) is 4.88. The maximum absolute atomic E-state index is 12.8. The number of nitrogens with zero attached hydrogens (tertiary/aromatic N) is 1. The van der Waals surface area contributed by atoms with Gasteiger partial charge in [0.15, 0.2) is 11.5 Å². The summed E-state index contributed by atoms with van der Waals surface area (Å²) in [5.74, 6) is 1.47. The lowest BCUT2D eigenvalue weighted by Crippen LogP contribution is -3.13. The van der Waals surface area contributed by atoms with E-state index in [4.69, 9.17) is 9.47 Å². The van der Waals surface area contributed by atoms with Crippen LogP contribution in [-0.4, -0.2) is 53.1 Å². The lowest BCUT2D eigenvalue weighted by Gasteiger charge is -2.31. The van der Waals surface area contributed by atoms with Gasteiger partial charge in [-0.2, -0.15) is 4.31 Å². The number of hydrogen-bond acceptors (Lipinski definition) is 4. The molecule has 0 aromatic heterocycles. The maximum atomic E-state index is 12.8. The van der Waals surface area contributed by atoms with E-state index in [-0.39, 0.29) is 0 Å². The molecule has 1 aliphatic heterocycles. The summed E-state index contributed by atoms with van der Waals surface area (Å²) in [6, 6.07) is 12.9. The molecule has 1 fully saturated rings. The number of ether oxygens (including phenoxy) is 2. The highest BCUT2D eigenvalue weighted by Gasteiger charge is 2.30. The number of hydrogen-bond donors (Lipinski definition) is 1. The first-order chi connectivity index (χ1) is 13.0. The van der Waals surface area contributed by atoms with Crippen molar-refractivity contribution >= 4 is 10.0 Å². The number of nitrogens with one attached hydrogen (secondary N) is 1. The fourth-order valence-electron chi connectivity index (χ4n) is 3.44. The molecule has 7 heteroatoms. The Kier molecular flexibility index (Phi) is 6.04. The molecule has 1 heterocycles. The molecule has 1 saturated heterocycles. The van der Waals surface area contributed by atoms with Gasteiger partial charge >= 0.3 is 0 Å². The monoisotopic (exact) mass is 391 g/mol. The Morgan fingerprint density at radius 3 is 2.26 bits per heavy atom. The van der Waals surface area contributed by atoms with Crippen LogP contribution in [0.3, 0.4) is 0 Å². The molecule has 1 aliphatic rings. The van der Waals surface area contributed by atoms with Gasteiger partial charge in [-0.3, -0.25) is 0 Å². The second kappa shape index (κ2) is 8.29. The molecule has 0 unspecified atom stereocenters. The second-order valence-corrected chi connectivity index (χ2v) is 8.73. The van der Waals surface area contributed by atoms with E-state index in [0.29, 0.717) is 18.0 Å². The van der Waals surface area contributed by atoms with E-state index in [9.17, 15) is 8.42 Å². The van der Waals surface area contributed by atoms with Gasteiger partial charge in [0.2, 0.25) is 10.0 Å². The van der Waals surface area contributed by atoms with Crippen molar-refractivity contribution in [2.45, 2.75) is 18.4 Å². The maximum Gasteiger partial charge on any atom is 0.243 e. The summed E-state index contributed by atoms with van der Waals surface area (Å²) in [7, 11) is -0.153. The number of para-hydroxylation sites is 1. The van der Waals surface area contributed by atoms with E-state index in [2.05, 4.69) is 0 Å². The zero-order chi connectivity index (χ0) is 19.4. The van der Waals surface area contributed by atoms with Crippen LogP contribution in [0.5, 0.6) is 11.5 Å². The first-order valence-corrected chi connectivity index (χ1v) is 10.5. The SMILES string of the molecule is COc1cccc(C[NH+]2CCN(S(=O)(=O)c3ccc(C)cc3)CC2)c1OC. The number of quaternary nitrogens is 1. The molecule has 2 aromatic rings. The lowest BCUT2D eigenvalue weighted by molar-refractivity contribution is -0.917. The molecule has 0 aliphatic carbocycles. The minimum atomic E-state index is -3.42. The van der Waals surface area contributed by atoms with E-state index in [1.807, 2.05) is 37.3 Å². The van der Waals surface area contributed by atoms with Crippen LogP contribution < -0.4 is 14.4 Å². The van der Waals surface area contributed by atoms with Gasteiger partial charge in [0.25, 0.3) is 0 Å². The third-order valence-electron chi connectivity index (χ3n) is 5.01. The smallest absolute Gasteiger partial charge is 0.243 e. The summed E-state index contributed by atoms with van der Waals surface area (Å²) in [6.45, 7) is 5.26. The van der Waals surface area contributed by atoms with Crippen molar-refractivity contribution in [2.75, 3.05) is 40.4 Å². The molecule has 0 bridgehead atoms. The average Bonchev–Trinajstić information content (AvgIpc) is 2.68. The highest BCUT2D eigenvalue weighted by Crippen LogP contribution is 2.30. The molecular weight excluding hydrogens is 364 g/mol. The fraction of sp³-hybridized carbons (Fsp3) is 0.400. The van der Waals surface area contributed by atoms with Gasteiger partial charge in [-0.25, -0.2) is 8.42 Å². The highest BCUT2D eigenvalue weighted by molar-refractivity contribution is 7.89. The lowest BCUT2D eigenvalue weighted by atomic mass is 10.1. The van der Waals surface area contributed by atoms with Gasteiger partial charge in [0.1, 0.15) is 6.54 Å². The van der Waals surface area contributed by atoms with Crippen LogP contribution in [0.1, 0.15) is 11.1 Å². The summed E-state index contributed by atoms with van der Waals surface area (Å²) >= 11 is 0. The second-order valence-electron chi connectivity index (χ2n) is 6.80. The first kappa shape index (κ1) is 19.7. The normalized spacial score (nSPS) is 16.3. The molecule has 0 atom stereocenters. The molecule has 0 saturated carbocycles. The third kappa shape index (κ3) is 4.26. The number of aryl methyl sites for hydroxylation is 1. The summed E-state index contributed by atoms with van der Waals surface area (Å²) in [4.78, 5) is 1.70. The molecule has 3 rings (SSSR count). The van der Waals surface area contributed by atoms with Gasteiger partial charge in [-0.1, -0.05) is 23.8 Å². The summed E-state index contributed by atoms with van der Waals surface area (Å²) in [5.41, 5.74) is 2.12. The van der Waals surface area contributed by atoms with Crippen LogP contribution in [-0.2, 0) is 16.6 Å².